The van der Waals surface area contributed by atoms with E-state index in [0.29, 0.717) is 6.42 Å². The maximum atomic E-state index is 11.6. The molecular weight excluding hydrogens is 180 g/mol. The number of Topliss-reactive ketones (excluding diaryl/α,β-unsaturated/α-hetero) is 1. The SMILES string of the molecule is COC1=CC=C2C(=O)CCCC23OC13. The zero-order valence-electron chi connectivity index (χ0n) is 8.08. The van der Waals surface area contributed by atoms with Gasteiger partial charge in [0.15, 0.2) is 5.78 Å². The van der Waals surface area contributed by atoms with Crippen molar-refractivity contribution in [1.82, 2.24) is 0 Å². The number of hydrogen-bond donors (Lipinski definition) is 0. The summed E-state index contributed by atoms with van der Waals surface area (Å²) in [6, 6.07) is 0. The van der Waals surface area contributed by atoms with Crippen molar-refractivity contribution in [3.8, 4) is 0 Å². The lowest BCUT2D eigenvalue weighted by molar-refractivity contribution is -0.117. The first-order valence-corrected chi connectivity index (χ1v) is 4.95. The van der Waals surface area contributed by atoms with Crippen LogP contribution in [0.5, 0.6) is 0 Å². The Morgan fingerprint density at radius 2 is 2.43 bits per heavy atom. The van der Waals surface area contributed by atoms with Gasteiger partial charge >= 0.3 is 0 Å². The van der Waals surface area contributed by atoms with Crippen LogP contribution in [0.3, 0.4) is 0 Å². The molecule has 0 aromatic carbocycles. The van der Waals surface area contributed by atoms with Crippen LogP contribution in [0, 0.1) is 0 Å². The van der Waals surface area contributed by atoms with Gasteiger partial charge in [-0.1, -0.05) is 0 Å². The van der Waals surface area contributed by atoms with Gasteiger partial charge in [-0.2, -0.15) is 0 Å². The van der Waals surface area contributed by atoms with Gasteiger partial charge in [0.1, 0.15) is 17.5 Å². The molecular formula is C11H12O3. The van der Waals surface area contributed by atoms with Crippen LogP contribution in [0.2, 0.25) is 0 Å². The van der Waals surface area contributed by atoms with Crippen LogP contribution < -0.4 is 0 Å². The molecule has 0 N–H and O–H groups in total. The second-order valence-electron chi connectivity index (χ2n) is 4.02. The number of carbonyl (C=O) groups is 1. The molecule has 3 aliphatic rings. The summed E-state index contributed by atoms with van der Waals surface area (Å²) in [6.07, 6.45) is 6.29. The minimum absolute atomic E-state index is 0.0109. The molecule has 0 radical (unpaired) electrons. The fourth-order valence-corrected chi connectivity index (χ4v) is 2.54. The molecule has 3 nitrogen and oxygen atoms in total. The van der Waals surface area contributed by atoms with Crippen molar-refractivity contribution < 1.29 is 14.3 Å². The zero-order valence-corrected chi connectivity index (χ0v) is 8.08. The van der Waals surface area contributed by atoms with Gasteiger partial charge in [0, 0.05) is 12.0 Å². The number of ketones is 1. The second kappa shape index (κ2) is 2.48. The van der Waals surface area contributed by atoms with Crippen molar-refractivity contribution >= 4 is 5.78 Å². The van der Waals surface area contributed by atoms with Crippen LogP contribution in [-0.4, -0.2) is 24.6 Å². The lowest BCUT2D eigenvalue weighted by atomic mass is 9.78. The van der Waals surface area contributed by atoms with Crippen LogP contribution in [0.1, 0.15) is 19.3 Å². The summed E-state index contributed by atoms with van der Waals surface area (Å²) in [5.74, 6) is 1.09. The number of hydrogen-bond acceptors (Lipinski definition) is 3. The van der Waals surface area contributed by atoms with Crippen LogP contribution in [0.25, 0.3) is 0 Å². The molecule has 1 saturated carbocycles. The maximum absolute atomic E-state index is 11.6. The van der Waals surface area contributed by atoms with Crippen molar-refractivity contribution in [3.05, 3.63) is 23.5 Å². The van der Waals surface area contributed by atoms with E-state index in [1.807, 2.05) is 12.2 Å². The molecule has 3 rings (SSSR count). The van der Waals surface area contributed by atoms with E-state index in [2.05, 4.69) is 0 Å². The van der Waals surface area contributed by atoms with Crippen LogP contribution in [-0.2, 0) is 14.3 Å². The van der Waals surface area contributed by atoms with Gasteiger partial charge in [-0.05, 0) is 25.0 Å². The zero-order chi connectivity index (χ0) is 9.76. The molecule has 74 valence electrons. The first-order chi connectivity index (χ1) is 6.78. The molecule has 3 heteroatoms. The molecule has 1 spiro atoms. The number of epoxide rings is 1. The first kappa shape index (κ1) is 8.24. The Labute approximate surface area is 82.4 Å². The number of methoxy groups -OCH3 is 1. The van der Waals surface area contributed by atoms with E-state index in [4.69, 9.17) is 9.47 Å². The van der Waals surface area contributed by atoms with Gasteiger partial charge in [-0.3, -0.25) is 4.79 Å². The van der Waals surface area contributed by atoms with Gasteiger partial charge in [0.25, 0.3) is 0 Å². The Morgan fingerprint density at radius 3 is 3.21 bits per heavy atom. The van der Waals surface area contributed by atoms with Gasteiger partial charge in [-0.15, -0.1) is 0 Å². The number of ether oxygens (including phenoxy) is 2. The average molecular weight is 192 g/mol. The highest BCUT2D eigenvalue weighted by atomic mass is 16.6. The predicted octanol–water partition coefficient (Wildman–Crippen LogP) is 1.35. The second-order valence-corrected chi connectivity index (χ2v) is 4.02. The molecule has 2 unspecified atom stereocenters. The van der Waals surface area contributed by atoms with Crippen molar-refractivity contribution in [1.29, 1.82) is 0 Å². The summed E-state index contributed by atoms with van der Waals surface area (Å²) in [5, 5.41) is 0. The highest BCUT2D eigenvalue weighted by Crippen LogP contribution is 2.55. The minimum Gasteiger partial charge on any atom is -0.498 e. The van der Waals surface area contributed by atoms with E-state index >= 15 is 0 Å². The smallest absolute Gasteiger partial charge is 0.161 e. The summed E-state index contributed by atoms with van der Waals surface area (Å²) in [4.78, 5) is 11.6. The van der Waals surface area contributed by atoms with E-state index in [0.717, 1.165) is 24.2 Å². The lowest BCUT2D eigenvalue weighted by Crippen LogP contribution is -2.31. The molecule has 0 amide bonds. The Morgan fingerprint density at radius 1 is 1.57 bits per heavy atom. The summed E-state index contributed by atoms with van der Waals surface area (Å²) in [5.41, 5.74) is 0.560. The summed E-state index contributed by atoms with van der Waals surface area (Å²) in [7, 11) is 1.64. The highest BCUT2D eigenvalue weighted by molar-refractivity contribution is 6.00. The monoisotopic (exact) mass is 192 g/mol. The predicted molar refractivity (Wildman–Crippen MR) is 49.6 cm³/mol. The van der Waals surface area contributed by atoms with E-state index in [1.165, 1.54) is 0 Å². The molecule has 1 heterocycles. The van der Waals surface area contributed by atoms with E-state index in [9.17, 15) is 4.79 Å². The molecule has 2 fully saturated rings. The van der Waals surface area contributed by atoms with Crippen molar-refractivity contribution in [2.45, 2.75) is 31.0 Å². The molecule has 0 aromatic rings. The lowest BCUT2D eigenvalue weighted by Gasteiger charge is -2.23. The first-order valence-electron chi connectivity index (χ1n) is 4.95. The van der Waals surface area contributed by atoms with Crippen molar-refractivity contribution in [3.63, 3.8) is 0 Å². The minimum atomic E-state index is -0.296. The Kier molecular flexibility index (Phi) is 1.46. The third-order valence-electron chi connectivity index (χ3n) is 3.31. The Hall–Kier alpha value is -1.09. The summed E-state index contributed by atoms with van der Waals surface area (Å²) in [6.45, 7) is 0. The third-order valence-corrected chi connectivity index (χ3v) is 3.31. The van der Waals surface area contributed by atoms with Gasteiger partial charge < -0.3 is 9.47 Å². The molecule has 2 atom stereocenters. The van der Waals surface area contributed by atoms with E-state index < -0.39 is 0 Å². The molecule has 0 aromatic heterocycles. The molecule has 2 aliphatic carbocycles. The maximum Gasteiger partial charge on any atom is 0.161 e. The normalized spacial score (nSPS) is 39.2. The molecule has 1 saturated heterocycles. The van der Waals surface area contributed by atoms with Gasteiger partial charge in [-0.25, -0.2) is 0 Å². The van der Waals surface area contributed by atoms with Crippen LogP contribution in [0.15, 0.2) is 23.5 Å². The standard InChI is InChI=1S/C11H12O3/c1-13-9-5-4-7-8(12)3-2-6-11(7)10(9)14-11/h4-5,10H,2-3,6H2,1H3. The fourth-order valence-electron chi connectivity index (χ4n) is 2.54. The quantitative estimate of drug-likeness (QED) is 0.588. The van der Waals surface area contributed by atoms with E-state index in [-0.39, 0.29) is 17.5 Å². The molecule has 0 bridgehead atoms. The van der Waals surface area contributed by atoms with E-state index in [1.54, 1.807) is 7.11 Å². The third kappa shape index (κ3) is 0.831. The summed E-state index contributed by atoms with van der Waals surface area (Å²) >= 11 is 0. The number of allylic oxidation sites excluding steroid dienone is 2. The fraction of sp³-hybridized carbons (Fsp3) is 0.545. The Balaban J connectivity index is 2.03. The largest absolute Gasteiger partial charge is 0.498 e. The number of rotatable bonds is 1. The summed E-state index contributed by atoms with van der Waals surface area (Å²) < 4.78 is 10.9. The van der Waals surface area contributed by atoms with Crippen molar-refractivity contribution in [2.75, 3.05) is 7.11 Å². The average Bonchev–Trinajstić information content (AvgIpc) is 2.90. The molecule has 1 aliphatic heterocycles. The number of carbonyl (C=O) groups excluding carboxylic acids is 1. The molecule has 14 heavy (non-hydrogen) atoms. The van der Waals surface area contributed by atoms with Gasteiger partial charge in [0.2, 0.25) is 0 Å². The van der Waals surface area contributed by atoms with Gasteiger partial charge in [0.05, 0.1) is 7.11 Å². The topological polar surface area (TPSA) is 38.8 Å². The van der Waals surface area contributed by atoms with Crippen molar-refractivity contribution in [2.24, 2.45) is 0 Å². The Bertz CT molecular complexity index is 367. The highest BCUT2D eigenvalue weighted by Gasteiger charge is 2.64. The van der Waals surface area contributed by atoms with Crippen LogP contribution >= 0.6 is 0 Å². The van der Waals surface area contributed by atoms with Crippen LogP contribution in [0.4, 0.5) is 0 Å².